The van der Waals surface area contributed by atoms with E-state index in [1.807, 2.05) is 41.1 Å². The molecule has 2 aromatic heterocycles. The second kappa shape index (κ2) is 4.23. The van der Waals surface area contributed by atoms with Crippen molar-refractivity contribution in [3.05, 3.63) is 44.8 Å². The first-order chi connectivity index (χ1) is 6.90. The van der Waals surface area contributed by atoms with Gasteiger partial charge in [-0.05, 0) is 29.0 Å². The molecule has 2 aromatic rings. The fraction of sp³-hybridized carbons (Fsp3) is 0. The normalized spacial score (nSPS) is 11.2. The molecule has 0 bridgehead atoms. The van der Waals surface area contributed by atoms with Gasteiger partial charge in [0.1, 0.15) is 6.07 Å². The van der Waals surface area contributed by atoms with Crippen LogP contribution in [0.4, 0.5) is 0 Å². The Morgan fingerprint density at radius 3 is 2.57 bits per heavy atom. The first-order valence-corrected chi connectivity index (χ1v) is 5.85. The van der Waals surface area contributed by atoms with E-state index in [1.165, 1.54) is 0 Å². The van der Waals surface area contributed by atoms with E-state index in [9.17, 15) is 0 Å². The fourth-order valence-electron chi connectivity index (χ4n) is 1.11. The molecule has 0 fully saturated rings. The highest BCUT2D eigenvalue weighted by Crippen LogP contribution is 2.23. The third-order valence-corrected chi connectivity index (χ3v) is 3.46. The molecule has 3 heteroatoms. The minimum Gasteiger partial charge on any atom is -0.192 e. The van der Waals surface area contributed by atoms with Crippen LogP contribution in [0.1, 0.15) is 9.75 Å². The van der Waals surface area contributed by atoms with Gasteiger partial charge in [-0.15, -0.1) is 22.7 Å². The van der Waals surface area contributed by atoms with Crippen molar-refractivity contribution < 1.29 is 0 Å². The van der Waals surface area contributed by atoms with Gasteiger partial charge in [0.05, 0.1) is 5.57 Å². The van der Waals surface area contributed by atoms with Gasteiger partial charge in [-0.1, -0.05) is 12.1 Å². The van der Waals surface area contributed by atoms with Crippen LogP contribution in [0.3, 0.4) is 0 Å². The Morgan fingerprint density at radius 2 is 2.00 bits per heavy atom. The van der Waals surface area contributed by atoms with Crippen LogP contribution in [0.15, 0.2) is 35.0 Å². The molecule has 0 amide bonds. The Hall–Kier alpha value is -1.37. The van der Waals surface area contributed by atoms with Gasteiger partial charge in [-0.3, -0.25) is 0 Å². The number of nitrogens with zero attached hydrogens (tertiary/aromatic N) is 1. The van der Waals surface area contributed by atoms with Crippen LogP contribution < -0.4 is 0 Å². The fourth-order valence-corrected chi connectivity index (χ4v) is 2.46. The van der Waals surface area contributed by atoms with Gasteiger partial charge in [0.25, 0.3) is 0 Å². The molecular weight excluding hydrogens is 210 g/mol. The zero-order chi connectivity index (χ0) is 9.80. The summed E-state index contributed by atoms with van der Waals surface area (Å²) in [7, 11) is 0. The average Bonchev–Trinajstić information content (AvgIpc) is 2.86. The molecule has 0 radical (unpaired) electrons. The number of hydrogen-bond donors (Lipinski definition) is 0. The number of allylic oxidation sites excluding steroid dienone is 1. The van der Waals surface area contributed by atoms with Gasteiger partial charge in [0.15, 0.2) is 0 Å². The molecule has 0 atom stereocenters. The van der Waals surface area contributed by atoms with Crippen molar-refractivity contribution in [2.75, 3.05) is 0 Å². The zero-order valence-electron chi connectivity index (χ0n) is 7.31. The van der Waals surface area contributed by atoms with Crippen molar-refractivity contribution in [3.8, 4) is 6.07 Å². The first kappa shape index (κ1) is 9.20. The van der Waals surface area contributed by atoms with Crippen LogP contribution in [-0.4, -0.2) is 0 Å². The molecule has 2 rings (SSSR count). The second-order valence-electron chi connectivity index (χ2n) is 2.66. The third kappa shape index (κ3) is 1.92. The third-order valence-electron chi connectivity index (χ3n) is 1.74. The maximum absolute atomic E-state index is 8.99. The molecule has 1 nitrogen and oxygen atoms in total. The molecule has 0 N–H and O–H groups in total. The lowest BCUT2D eigenvalue weighted by Gasteiger charge is -1.91. The summed E-state index contributed by atoms with van der Waals surface area (Å²) in [5.41, 5.74) is 0.738. The summed E-state index contributed by atoms with van der Waals surface area (Å²) >= 11 is 3.23. The summed E-state index contributed by atoms with van der Waals surface area (Å²) in [5, 5.41) is 13.0. The van der Waals surface area contributed by atoms with Gasteiger partial charge in [0.2, 0.25) is 0 Å². The predicted octanol–water partition coefficient (Wildman–Crippen LogP) is 3.87. The van der Waals surface area contributed by atoms with E-state index in [-0.39, 0.29) is 0 Å². The molecule has 0 aliphatic rings. The van der Waals surface area contributed by atoms with Crippen LogP contribution in [-0.2, 0) is 0 Å². The van der Waals surface area contributed by atoms with Gasteiger partial charge in [0, 0.05) is 9.75 Å². The maximum atomic E-state index is 8.99. The van der Waals surface area contributed by atoms with Gasteiger partial charge in [-0.2, -0.15) is 5.26 Å². The lowest BCUT2D eigenvalue weighted by molar-refractivity contribution is 1.54. The standard InChI is InChI=1S/C11H7NS2/c12-8-9(11-4-2-6-14-11)7-10-3-1-5-13-10/h1-7H/b9-7+. The Labute approximate surface area is 90.6 Å². The number of nitriles is 1. The Bertz CT molecular complexity index is 458. The van der Waals surface area contributed by atoms with Crippen molar-refractivity contribution >= 4 is 34.3 Å². The van der Waals surface area contributed by atoms with Crippen LogP contribution in [0, 0.1) is 11.3 Å². The van der Waals surface area contributed by atoms with E-state index < -0.39 is 0 Å². The monoisotopic (exact) mass is 217 g/mol. The molecule has 0 aliphatic carbocycles. The maximum Gasteiger partial charge on any atom is 0.101 e. The molecule has 68 valence electrons. The molecule has 0 saturated heterocycles. The smallest absolute Gasteiger partial charge is 0.101 e. The lowest BCUT2D eigenvalue weighted by atomic mass is 10.2. The van der Waals surface area contributed by atoms with E-state index in [4.69, 9.17) is 5.26 Å². The molecule has 0 aromatic carbocycles. The van der Waals surface area contributed by atoms with Crippen molar-refractivity contribution in [3.63, 3.8) is 0 Å². The largest absolute Gasteiger partial charge is 0.192 e. The van der Waals surface area contributed by atoms with E-state index in [0.29, 0.717) is 0 Å². The van der Waals surface area contributed by atoms with E-state index in [1.54, 1.807) is 22.7 Å². The molecule has 14 heavy (non-hydrogen) atoms. The molecular formula is C11H7NS2. The van der Waals surface area contributed by atoms with E-state index in [2.05, 4.69) is 6.07 Å². The summed E-state index contributed by atoms with van der Waals surface area (Å²) in [6.07, 6.45) is 1.93. The molecule has 0 aliphatic heterocycles. The topological polar surface area (TPSA) is 23.8 Å². The Kier molecular flexibility index (Phi) is 2.78. The summed E-state index contributed by atoms with van der Waals surface area (Å²) in [6, 6.07) is 10.1. The summed E-state index contributed by atoms with van der Waals surface area (Å²) in [5.74, 6) is 0. The summed E-state index contributed by atoms with van der Waals surface area (Å²) < 4.78 is 0. The quantitative estimate of drug-likeness (QED) is 0.700. The van der Waals surface area contributed by atoms with E-state index in [0.717, 1.165) is 15.3 Å². The minimum absolute atomic E-state index is 0.738. The zero-order valence-corrected chi connectivity index (χ0v) is 8.94. The Morgan fingerprint density at radius 1 is 1.21 bits per heavy atom. The molecule has 0 spiro atoms. The van der Waals surface area contributed by atoms with Crippen molar-refractivity contribution in [1.82, 2.24) is 0 Å². The first-order valence-electron chi connectivity index (χ1n) is 4.09. The highest BCUT2D eigenvalue weighted by molar-refractivity contribution is 7.12. The second-order valence-corrected chi connectivity index (χ2v) is 4.59. The average molecular weight is 217 g/mol. The highest BCUT2D eigenvalue weighted by Gasteiger charge is 2.01. The van der Waals surface area contributed by atoms with Crippen LogP contribution in [0.2, 0.25) is 0 Å². The highest BCUT2D eigenvalue weighted by atomic mass is 32.1. The number of hydrogen-bond acceptors (Lipinski definition) is 3. The van der Waals surface area contributed by atoms with Crippen molar-refractivity contribution in [2.45, 2.75) is 0 Å². The predicted molar refractivity (Wildman–Crippen MR) is 62.1 cm³/mol. The van der Waals surface area contributed by atoms with Crippen LogP contribution >= 0.6 is 22.7 Å². The number of rotatable bonds is 2. The lowest BCUT2D eigenvalue weighted by Crippen LogP contribution is -1.72. The van der Waals surface area contributed by atoms with Crippen LogP contribution in [0.25, 0.3) is 11.6 Å². The SMILES string of the molecule is N#C/C(=C\c1cccs1)c1cccs1. The van der Waals surface area contributed by atoms with Crippen molar-refractivity contribution in [1.29, 1.82) is 5.26 Å². The van der Waals surface area contributed by atoms with Crippen LogP contribution in [0.5, 0.6) is 0 Å². The van der Waals surface area contributed by atoms with Gasteiger partial charge >= 0.3 is 0 Å². The van der Waals surface area contributed by atoms with E-state index >= 15 is 0 Å². The van der Waals surface area contributed by atoms with Crippen molar-refractivity contribution in [2.24, 2.45) is 0 Å². The summed E-state index contributed by atoms with van der Waals surface area (Å²) in [4.78, 5) is 2.15. The molecule has 2 heterocycles. The Balaban J connectivity index is 2.37. The molecule has 0 saturated carbocycles. The minimum atomic E-state index is 0.738. The summed E-state index contributed by atoms with van der Waals surface area (Å²) in [6.45, 7) is 0. The molecule has 0 unspecified atom stereocenters. The van der Waals surface area contributed by atoms with Gasteiger partial charge < -0.3 is 0 Å². The van der Waals surface area contributed by atoms with Gasteiger partial charge in [-0.25, -0.2) is 0 Å². The number of thiophene rings is 2.